The molecule has 1 aromatic rings. The van der Waals surface area contributed by atoms with Gasteiger partial charge in [-0.05, 0) is 55.6 Å². The van der Waals surface area contributed by atoms with Gasteiger partial charge in [-0.3, -0.25) is 4.68 Å². The first-order chi connectivity index (χ1) is 9.09. The zero-order valence-electron chi connectivity index (χ0n) is 12.1. The van der Waals surface area contributed by atoms with Crippen LogP contribution in [-0.4, -0.2) is 28.5 Å². The van der Waals surface area contributed by atoms with Crippen LogP contribution in [0.5, 0.6) is 0 Å². The Bertz CT molecular complexity index is 425. The summed E-state index contributed by atoms with van der Waals surface area (Å²) in [6.07, 6.45) is 3.25. The van der Waals surface area contributed by atoms with Gasteiger partial charge in [-0.1, -0.05) is 6.92 Å². The predicted molar refractivity (Wildman–Crippen MR) is 80.3 cm³/mol. The fourth-order valence-corrected chi connectivity index (χ4v) is 3.23. The standard InChI is InChI=1S/C14H24BrN3O/c1-4-11-13(15)12(18(5-2)17-11)9-19-14(3)7-6-8-16-10-14/h16H,4-10H2,1-3H3. The first-order valence-corrected chi connectivity index (χ1v) is 7.97. The number of rotatable bonds is 5. The lowest BCUT2D eigenvalue weighted by Crippen LogP contribution is -2.45. The molecule has 0 saturated carbocycles. The second kappa shape index (κ2) is 6.37. The van der Waals surface area contributed by atoms with E-state index in [4.69, 9.17) is 4.74 Å². The van der Waals surface area contributed by atoms with E-state index in [0.717, 1.165) is 48.3 Å². The maximum Gasteiger partial charge on any atom is 0.0904 e. The van der Waals surface area contributed by atoms with Crippen molar-refractivity contribution < 1.29 is 4.74 Å². The molecule has 0 aliphatic carbocycles. The number of halogens is 1. The Kier molecular flexibility index (Phi) is 5.03. The van der Waals surface area contributed by atoms with E-state index < -0.39 is 0 Å². The van der Waals surface area contributed by atoms with Gasteiger partial charge in [0, 0.05) is 13.1 Å². The van der Waals surface area contributed by atoms with Crippen LogP contribution in [0.2, 0.25) is 0 Å². The quantitative estimate of drug-likeness (QED) is 0.902. The fraction of sp³-hybridized carbons (Fsp3) is 0.786. The van der Waals surface area contributed by atoms with E-state index in [-0.39, 0.29) is 5.60 Å². The van der Waals surface area contributed by atoms with Gasteiger partial charge in [0.1, 0.15) is 0 Å². The Balaban J connectivity index is 2.08. The molecule has 1 saturated heterocycles. The summed E-state index contributed by atoms with van der Waals surface area (Å²) in [5, 5.41) is 8.02. The van der Waals surface area contributed by atoms with Crippen molar-refractivity contribution in [3.8, 4) is 0 Å². The average Bonchev–Trinajstić information content (AvgIpc) is 2.73. The average molecular weight is 330 g/mol. The predicted octanol–water partition coefficient (Wildman–Crippen LogP) is 2.89. The molecule has 108 valence electrons. The molecule has 19 heavy (non-hydrogen) atoms. The van der Waals surface area contributed by atoms with Crippen LogP contribution < -0.4 is 5.32 Å². The van der Waals surface area contributed by atoms with Crippen LogP contribution in [0.4, 0.5) is 0 Å². The number of aromatic nitrogens is 2. The Hall–Kier alpha value is -0.390. The summed E-state index contributed by atoms with van der Waals surface area (Å²) in [5.74, 6) is 0. The van der Waals surface area contributed by atoms with Crippen molar-refractivity contribution in [2.24, 2.45) is 0 Å². The topological polar surface area (TPSA) is 39.1 Å². The van der Waals surface area contributed by atoms with Crippen LogP contribution >= 0.6 is 15.9 Å². The fourth-order valence-electron chi connectivity index (χ4n) is 2.55. The lowest BCUT2D eigenvalue weighted by atomic mass is 9.96. The Morgan fingerprint density at radius 1 is 1.47 bits per heavy atom. The lowest BCUT2D eigenvalue weighted by Gasteiger charge is -2.34. The van der Waals surface area contributed by atoms with Crippen molar-refractivity contribution >= 4 is 15.9 Å². The van der Waals surface area contributed by atoms with Crippen molar-refractivity contribution in [1.82, 2.24) is 15.1 Å². The van der Waals surface area contributed by atoms with Gasteiger partial charge < -0.3 is 10.1 Å². The SMILES string of the molecule is CCc1nn(CC)c(COC2(C)CCCNC2)c1Br. The van der Waals surface area contributed by atoms with Gasteiger partial charge in [0.05, 0.1) is 28.1 Å². The second-order valence-electron chi connectivity index (χ2n) is 5.40. The van der Waals surface area contributed by atoms with E-state index >= 15 is 0 Å². The molecular weight excluding hydrogens is 306 g/mol. The molecule has 0 spiro atoms. The summed E-state index contributed by atoms with van der Waals surface area (Å²) in [6, 6.07) is 0. The number of ether oxygens (including phenoxy) is 1. The summed E-state index contributed by atoms with van der Waals surface area (Å²) in [6.45, 7) is 9.99. The molecule has 1 unspecified atom stereocenters. The molecule has 1 fully saturated rings. The highest BCUT2D eigenvalue weighted by molar-refractivity contribution is 9.10. The van der Waals surface area contributed by atoms with E-state index in [1.807, 2.05) is 4.68 Å². The summed E-state index contributed by atoms with van der Waals surface area (Å²) in [7, 11) is 0. The third kappa shape index (κ3) is 3.38. The van der Waals surface area contributed by atoms with E-state index in [2.05, 4.69) is 47.1 Å². The summed E-state index contributed by atoms with van der Waals surface area (Å²) >= 11 is 3.67. The molecular formula is C14H24BrN3O. The molecule has 1 aliphatic heterocycles. The molecule has 1 atom stereocenters. The van der Waals surface area contributed by atoms with Crippen LogP contribution in [0.3, 0.4) is 0 Å². The Labute approximate surface area is 124 Å². The van der Waals surface area contributed by atoms with Crippen LogP contribution in [-0.2, 0) is 24.3 Å². The van der Waals surface area contributed by atoms with Crippen molar-refractivity contribution in [2.75, 3.05) is 13.1 Å². The molecule has 2 rings (SSSR count). The molecule has 0 amide bonds. The van der Waals surface area contributed by atoms with Crippen molar-refractivity contribution in [2.45, 2.75) is 58.8 Å². The molecule has 0 radical (unpaired) electrons. The van der Waals surface area contributed by atoms with Crippen LogP contribution in [0.25, 0.3) is 0 Å². The molecule has 5 heteroatoms. The van der Waals surface area contributed by atoms with Gasteiger partial charge in [-0.15, -0.1) is 0 Å². The number of nitrogens with one attached hydrogen (secondary N) is 1. The molecule has 0 aromatic carbocycles. The van der Waals surface area contributed by atoms with Crippen molar-refractivity contribution in [3.05, 3.63) is 15.9 Å². The van der Waals surface area contributed by atoms with Crippen LogP contribution in [0.15, 0.2) is 4.47 Å². The van der Waals surface area contributed by atoms with Crippen molar-refractivity contribution in [3.63, 3.8) is 0 Å². The minimum atomic E-state index is -0.0487. The van der Waals surface area contributed by atoms with E-state index in [0.29, 0.717) is 6.61 Å². The zero-order valence-corrected chi connectivity index (χ0v) is 13.7. The monoisotopic (exact) mass is 329 g/mol. The molecule has 2 heterocycles. The van der Waals surface area contributed by atoms with Gasteiger partial charge in [0.15, 0.2) is 0 Å². The smallest absolute Gasteiger partial charge is 0.0904 e. The number of hydrogen-bond donors (Lipinski definition) is 1. The van der Waals surface area contributed by atoms with Gasteiger partial charge in [-0.25, -0.2) is 0 Å². The van der Waals surface area contributed by atoms with E-state index in [1.165, 1.54) is 6.42 Å². The van der Waals surface area contributed by atoms with Gasteiger partial charge >= 0.3 is 0 Å². The number of piperidine rings is 1. The molecule has 1 N–H and O–H groups in total. The normalized spacial score (nSPS) is 23.8. The number of aryl methyl sites for hydroxylation is 2. The molecule has 0 bridgehead atoms. The number of nitrogens with zero attached hydrogens (tertiary/aromatic N) is 2. The third-order valence-corrected chi connectivity index (χ3v) is 4.72. The molecule has 4 nitrogen and oxygen atoms in total. The highest BCUT2D eigenvalue weighted by Gasteiger charge is 2.28. The summed E-state index contributed by atoms with van der Waals surface area (Å²) in [5.41, 5.74) is 2.23. The second-order valence-corrected chi connectivity index (χ2v) is 6.19. The highest BCUT2D eigenvalue weighted by atomic mass is 79.9. The van der Waals surface area contributed by atoms with Crippen LogP contribution in [0.1, 0.15) is 45.0 Å². The third-order valence-electron chi connectivity index (χ3n) is 3.81. The summed E-state index contributed by atoms with van der Waals surface area (Å²) in [4.78, 5) is 0. The van der Waals surface area contributed by atoms with E-state index in [9.17, 15) is 0 Å². The van der Waals surface area contributed by atoms with Gasteiger partial charge in [-0.2, -0.15) is 5.10 Å². The number of hydrogen-bond acceptors (Lipinski definition) is 3. The summed E-state index contributed by atoms with van der Waals surface area (Å²) < 4.78 is 9.34. The van der Waals surface area contributed by atoms with Gasteiger partial charge in [0.2, 0.25) is 0 Å². The maximum absolute atomic E-state index is 6.18. The minimum Gasteiger partial charge on any atom is -0.368 e. The first-order valence-electron chi connectivity index (χ1n) is 7.18. The highest BCUT2D eigenvalue weighted by Crippen LogP contribution is 2.27. The maximum atomic E-state index is 6.18. The Morgan fingerprint density at radius 3 is 2.84 bits per heavy atom. The minimum absolute atomic E-state index is 0.0487. The molecule has 1 aromatic heterocycles. The molecule has 1 aliphatic rings. The Morgan fingerprint density at radius 2 is 2.26 bits per heavy atom. The van der Waals surface area contributed by atoms with E-state index in [1.54, 1.807) is 0 Å². The van der Waals surface area contributed by atoms with Gasteiger partial charge in [0.25, 0.3) is 0 Å². The first kappa shape index (κ1) is 15.0. The largest absolute Gasteiger partial charge is 0.368 e. The lowest BCUT2D eigenvalue weighted by molar-refractivity contribution is -0.0596. The zero-order chi connectivity index (χ0) is 13.9. The van der Waals surface area contributed by atoms with Crippen molar-refractivity contribution in [1.29, 1.82) is 0 Å². The van der Waals surface area contributed by atoms with Crippen LogP contribution in [0, 0.1) is 0 Å².